The number of carbonyl (C=O) groups is 1. The van der Waals surface area contributed by atoms with Crippen LogP contribution in [-0.2, 0) is 4.74 Å². The summed E-state index contributed by atoms with van der Waals surface area (Å²) in [5.74, 6) is -1.40. The Morgan fingerprint density at radius 1 is 1.53 bits per heavy atom. The smallest absolute Gasteiger partial charge is 0.342 e. The lowest BCUT2D eigenvalue weighted by Crippen LogP contribution is -2.12. The second kappa shape index (κ2) is 6.64. The second-order valence-electron chi connectivity index (χ2n) is 3.87. The maximum Gasteiger partial charge on any atom is 0.342 e. The molecule has 8 heteroatoms. The molecular formula is C11H14N2O6. The van der Waals surface area contributed by atoms with Gasteiger partial charge in [0.2, 0.25) is 5.88 Å². The van der Waals surface area contributed by atoms with E-state index in [1.807, 2.05) is 13.8 Å². The molecule has 0 bridgehead atoms. The third kappa shape index (κ3) is 4.51. The van der Waals surface area contributed by atoms with E-state index >= 15 is 0 Å². The van der Waals surface area contributed by atoms with Gasteiger partial charge in [-0.1, -0.05) is 0 Å². The Kier molecular flexibility index (Phi) is 5.19. The van der Waals surface area contributed by atoms with Crippen LogP contribution in [0.1, 0.15) is 24.2 Å². The van der Waals surface area contributed by atoms with Crippen LogP contribution in [0.5, 0.6) is 5.88 Å². The lowest BCUT2D eigenvalue weighted by atomic mass is 10.2. The number of hydrogen-bond acceptors (Lipinski definition) is 6. The van der Waals surface area contributed by atoms with Crippen LogP contribution in [0.4, 0.5) is 5.69 Å². The molecule has 1 heterocycles. The van der Waals surface area contributed by atoms with E-state index in [-0.39, 0.29) is 18.6 Å². The normalized spacial score (nSPS) is 10.5. The summed E-state index contributed by atoms with van der Waals surface area (Å²) in [5.41, 5.74) is -1.03. The van der Waals surface area contributed by atoms with Gasteiger partial charge in [0.05, 0.1) is 17.6 Å². The second-order valence-corrected chi connectivity index (χ2v) is 3.87. The quantitative estimate of drug-likeness (QED) is 0.453. The first-order valence-corrected chi connectivity index (χ1v) is 5.54. The molecular weight excluding hydrogens is 256 g/mol. The van der Waals surface area contributed by atoms with Crippen LogP contribution in [0.25, 0.3) is 0 Å². The summed E-state index contributed by atoms with van der Waals surface area (Å²) in [7, 11) is 0. The number of ether oxygens (including phenoxy) is 2. The molecule has 0 radical (unpaired) electrons. The molecule has 1 aromatic rings. The summed E-state index contributed by atoms with van der Waals surface area (Å²) >= 11 is 0. The molecule has 104 valence electrons. The number of nitro groups is 1. The highest BCUT2D eigenvalue weighted by molar-refractivity contribution is 5.92. The van der Waals surface area contributed by atoms with Crippen molar-refractivity contribution in [1.82, 2.24) is 4.98 Å². The summed E-state index contributed by atoms with van der Waals surface area (Å²) < 4.78 is 10.4. The fraction of sp³-hybridized carbons (Fsp3) is 0.455. The van der Waals surface area contributed by atoms with Gasteiger partial charge in [-0.25, -0.2) is 9.78 Å². The van der Waals surface area contributed by atoms with E-state index in [1.54, 1.807) is 0 Å². The van der Waals surface area contributed by atoms with Gasteiger partial charge in [-0.15, -0.1) is 0 Å². The summed E-state index contributed by atoms with van der Waals surface area (Å²) in [6.45, 7) is 4.24. The number of aromatic carboxylic acids is 1. The van der Waals surface area contributed by atoms with Crippen molar-refractivity contribution in [2.75, 3.05) is 13.2 Å². The monoisotopic (exact) mass is 270 g/mol. The fourth-order valence-corrected chi connectivity index (χ4v) is 1.25. The van der Waals surface area contributed by atoms with Crippen LogP contribution in [0, 0.1) is 10.1 Å². The van der Waals surface area contributed by atoms with Crippen LogP contribution in [0.2, 0.25) is 0 Å². The van der Waals surface area contributed by atoms with Crippen molar-refractivity contribution in [3.05, 3.63) is 27.9 Å². The molecule has 0 atom stereocenters. The van der Waals surface area contributed by atoms with Crippen molar-refractivity contribution < 1.29 is 24.3 Å². The highest BCUT2D eigenvalue weighted by Gasteiger charge is 2.21. The molecule has 8 nitrogen and oxygen atoms in total. The maximum atomic E-state index is 10.9. The molecule has 0 fully saturated rings. The van der Waals surface area contributed by atoms with Gasteiger partial charge in [0, 0.05) is 6.07 Å². The Hall–Kier alpha value is -2.22. The number of carboxylic acid groups (broad SMARTS) is 1. The number of aromatic nitrogens is 1. The average Bonchev–Trinajstić information content (AvgIpc) is 2.33. The highest BCUT2D eigenvalue weighted by Crippen LogP contribution is 2.21. The van der Waals surface area contributed by atoms with Crippen molar-refractivity contribution in [3.63, 3.8) is 0 Å². The Morgan fingerprint density at radius 2 is 2.21 bits per heavy atom. The SMILES string of the molecule is CC(C)OCCOc1cc(C(=O)O)c([N+](=O)[O-])cn1. The first-order valence-electron chi connectivity index (χ1n) is 5.54. The Bertz CT molecular complexity index is 474. The molecule has 0 amide bonds. The lowest BCUT2D eigenvalue weighted by Gasteiger charge is -2.08. The van der Waals surface area contributed by atoms with Crippen molar-refractivity contribution in [2.24, 2.45) is 0 Å². The lowest BCUT2D eigenvalue weighted by molar-refractivity contribution is -0.385. The number of rotatable bonds is 7. The predicted molar refractivity (Wildman–Crippen MR) is 64.4 cm³/mol. The molecule has 19 heavy (non-hydrogen) atoms. The Labute approximate surface area is 109 Å². The largest absolute Gasteiger partial charge is 0.477 e. The summed E-state index contributed by atoms with van der Waals surface area (Å²) in [5, 5.41) is 19.5. The predicted octanol–water partition coefficient (Wildman–Crippen LogP) is 1.49. The number of hydrogen-bond donors (Lipinski definition) is 1. The molecule has 0 saturated carbocycles. The average molecular weight is 270 g/mol. The van der Waals surface area contributed by atoms with E-state index in [1.165, 1.54) is 0 Å². The molecule has 0 spiro atoms. The van der Waals surface area contributed by atoms with Crippen LogP contribution < -0.4 is 4.74 Å². The summed E-state index contributed by atoms with van der Waals surface area (Å²) in [6, 6.07) is 1.02. The number of carboxylic acids is 1. The molecule has 1 rings (SSSR count). The minimum Gasteiger partial charge on any atom is -0.477 e. The van der Waals surface area contributed by atoms with Gasteiger partial charge in [-0.3, -0.25) is 10.1 Å². The minimum absolute atomic E-state index is 0.00959. The van der Waals surface area contributed by atoms with Gasteiger partial charge >= 0.3 is 11.7 Å². The molecule has 1 aromatic heterocycles. The maximum absolute atomic E-state index is 10.9. The van der Waals surface area contributed by atoms with E-state index in [0.717, 1.165) is 12.3 Å². The topological polar surface area (TPSA) is 112 Å². The van der Waals surface area contributed by atoms with E-state index in [9.17, 15) is 14.9 Å². The Morgan fingerprint density at radius 3 is 2.74 bits per heavy atom. The zero-order valence-corrected chi connectivity index (χ0v) is 10.5. The van der Waals surface area contributed by atoms with Crippen molar-refractivity contribution in [3.8, 4) is 5.88 Å². The molecule has 0 aromatic carbocycles. The minimum atomic E-state index is -1.41. The third-order valence-corrected chi connectivity index (χ3v) is 2.07. The fourth-order valence-electron chi connectivity index (χ4n) is 1.25. The standard InChI is InChI=1S/C11H14N2O6/c1-7(2)18-3-4-19-10-5-8(11(14)15)9(6-12-10)13(16)17/h5-7H,3-4H2,1-2H3,(H,14,15). The van der Waals surface area contributed by atoms with Gasteiger partial charge in [0.25, 0.3) is 0 Å². The van der Waals surface area contributed by atoms with E-state index < -0.39 is 22.1 Å². The van der Waals surface area contributed by atoms with Gasteiger partial charge in [-0.05, 0) is 13.8 Å². The molecule has 0 aliphatic carbocycles. The van der Waals surface area contributed by atoms with Crippen LogP contribution in [0.3, 0.4) is 0 Å². The van der Waals surface area contributed by atoms with Gasteiger partial charge in [-0.2, -0.15) is 0 Å². The molecule has 0 aliphatic heterocycles. The van der Waals surface area contributed by atoms with Gasteiger partial charge < -0.3 is 14.6 Å². The van der Waals surface area contributed by atoms with Gasteiger partial charge in [0.1, 0.15) is 18.4 Å². The summed E-state index contributed by atoms with van der Waals surface area (Å²) in [6.07, 6.45) is 0.922. The number of pyridine rings is 1. The highest BCUT2D eigenvalue weighted by atomic mass is 16.6. The zero-order valence-electron chi connectivity index (χ0n) is 10.5. The van der Waals surface area contributed by atoms with Crippen LogP contribution in [-0.4, -0.2) is 40.3 Å². The van der Waals surface area contributed by atoms with Crippen molar-refractivity contribution in [1.29, 1.82) is 0 Å². The molecule has 0 saturated heterocycles. The van der Waals surface area contributed by atoms with Crippen LogP contribution in [0.15, 0.2) is 12.3 Å². The molecule has 0 aliphatic rings. The zero-order chi connectivity index (χ0) is 14.4. The van der Waals surface area contributed by atoms with Crippen molar-refractivity contribution in [2.45, 2.75) is 20.0 Å². The van der Waals surface area contributed by atoms with Crippen molar-refractivity contribution >= 4 is 11.7 Å². The van der Waals surface area contributed by atoms with E-state index in [2.05, 4.69) is 4.98 Å². The molecule has 0 unspecified atom stereocenters. The first kappa shape index (κ1) is 14.8. The summed E-state index contributed by atoms with van der Waals surface area (Å²) in [4.78, 5) is 24.4. The molecule has 1 N–H and O–H groups in total. The Balaban J connectivity index is 2.73. The first-order chi connectivity index (χ1) is 8.91. The van der Waals surface area contributed by atoms with E-state index in [4.69, 9.17) is 14.6 Å². The third-order valence-electron chi connectivity index (χ3n) is 2.07. The number of nitrogens with zero attached hydrogens (tertiary/aromatic N) is 2. The van der Waals surface area contributed by atoms with Crippen LogP contribution >= 0.6 is 0 Å². The van der Waals surface area contributed by atoms with E-state index in [0.29, 0.717) is 6.61 Å². The van der Waals surface area contributed by atoms with Gasteiger partial charge in [0.15, 0.2) is 0 Å².